The predicted molar refractivity (Wildman–Crippen MR) is 145 cm³/mol. The van der Waals surface area contributed by atoms with E-state index in [2.05, 4.69) is 27.4 Å². The number of halogens is 1. The van der Waals surface area contributed by atoms with E-state index in [1.54, 1.807) is 18.2 Å². The Kier molecular flexibility index (Phi) is 6.89. The molecular weight excluding hydrogens is 458 g/mol. The third-order valence-corrected chi connectivity index (χ3v) is 7.33. The molecule has 0 radical (unpaired) electrons. The van der Waals surface area contributed by atoms with Crippen LogP contribution in [0.25, 0.3) is 22.2 Å². The van der Waals surface area contributed by atoms with Gasteiger partial charge in [0.1, 0.15) is 11.5 Å². The minimum atomic E-state index is 0.266. The maximum absolute atomic E-state index is 10.1. The van der Waals surface area contributed by atoms with Gasteiger partial charge in [0.05, 0.1) is 5.69 Å². The molecule has 0 amide bonds. The topological polar surface area (TPSA) is 51.9 Å². The molecule has 1 aromatic heterocycles. The zero-order valence-electron chi connectivity index (χ0n) is 20.1. The van der Waals surface area contributed by atoms with E-state index in [-0.39, 0.29) is 11.5 Å². The van der Waals surface area contributed by atoms with Gasteiger partial charge in [-0.05, 0) is 98.1 Å². The lowest BCUT2D eigenvalue weighted by Crippen LogP contribution is -2.46. The maximum atomic E-state index is 10.1. The number of aryl methyl sites for hydroxylation is 2. The lowest BCUT2D eigenvalue weighted by molar-refractivity contribution is 0.251. The van der Waals surface area contributed by atoms with E-state index in [0.29, 0.717) is 0 Å². The van der Waals surface area contributed by atoms with Crippen molar-refractivity contribution in [2.24, 2.45) is 0 Å². The van der Waals surface area contributed by atoms with Crippen molar-refractivity contribution in [2.45, 2.75) is 26.3 Å². The lowest BCUT2D eigenvalue weighted by atomic mass is 10.1. The Labute approximate surface area is 211 Å². The second-order valence-electron chi connectivity index (χ2n) is 9.39. The largest absolute Gasteiger partial charge is 0.508 e. The number of unbranched alkanes of at least 4 members (excludes halogenated alkanes) is 1. The maximum Gasteiger partial charge on any atom is 0.116 e. The van der Waals surface area contributed by atoms with Crippen LogP contribution in [0.2, 0.25) is 5.02 Å². The molecule has 0 spiro atoms. The summed E-state index contributed by atoms with van der Waals surface area (Å²) < 4.78 is 2.37. The second-order valence-corrected chi connectivity index (χ2v) is 9.83. The number of hydrogen-bond acceptors (Lipinski definition) is 4. The highest BCUT2D eigenvalue weighted by atomic mass is 35.5. The third kappa shape index (κ3) is 5.12. The van der Waals surface area contributed by atoms with Crippen molar-refractivity contribution >= 4 is 28.2 Å². The first-order valence-corrected chi connectivity index (χ1v) is 12.7. The summed E-state index contributed by atoms with van der Waals surface area (Å²) in [5.41, 5.74) is 5.73. The van der Waals surface area contributed by atoms with Crippen LogP contribution in [0.4, 0.5) is 5.69 Å². The number of phenols is 2. The lowest BCUT2D eigenvalue weighted by Gasteiger charge is -2.36. The summed E-state index contributed by atoms with van der Waals surface area (Å²) in [6.07, 6.45) is 2.20. The first kappa shape index (κ1) is 23.6. The van der Waals surface area contributed by atoms with Gasteiger partial charge < -0.3 is 19.7 Å². The zero-order valence-corrected chi connectivity index (χ0v) is 20.9. The van der Waals surface area contributed by atoms with E-state index in [1.807, 2.05) is 42.5 Å². The molecule has 35 heavy (non-hydrogen) atoms. The van der Waals surface area contributed by atoms with Crippen LogP contribution in [-0.2, 0) is 6.54 Å². The second kappa shape index (κ2) is 10.2. The minimum absolute atomic E-state index is 0.266. The van der Waals surface area contributed by atoms with E-state index in [4.69, 9.17) is 11.6 Å². The number of fused-ring (bicyclic) bond motifs is 1. The summed E-state index contributed by atoms with van der Waals surface area (Å²) in [7, 11) is 0. The first-order valence-electron chi connectivity index (χ1n) is 12.3. The Morgan fingerprint density at radius 2 is 1.51 bits per heavy atom. The number of aromatic nitrogens is 1. The highest BCUT2D eigenvalue weighted by Crippen LogP contribution is 2.36. The minimum Gasteiger partial charge on any atom is -0.508 e. The summed E-state index contributed by atoms with van der Waals surface area (Å²) in [4.78, 5) is 4.97. The summed E-state index contributed by atoms with van der Waals surface area (Å²) in [6, 6.07) is 21.1. The van der Waals surface area contributed by atoms with Crippen LogP contribution in [0.15, 0.2) is 66.7 Å². The molecule has 0 saturated carbocycles. The zero-order chi connectivity index (χ0) is 24.4. The predicted octanol–water partition coefficient (Wildman–Crippen LogP) is 6.28. The third-order valence-electron chi connectivity index (χ3n) is 7.09. The highest BCUT2D eigenvalue weighted by molar-refractivity contribution is 6.30. The van der Waals surface area contributed by atoms with Crippen molar-refractivity contribution in [1.29, 1.82) is 0 Å². The van der Waals surface area contributed by atoms with Crippen LogP contribution in [0.3, 0.4) is 0 Å². The van der Waals surface area contributed by atoms with Gasteiger partial charge in [-0.2, -0.15) is 0 Å². The van der Waals surface area contributed by atoms with Gasteiger partial charge in [0.2, 0.25) is 0 Å². The van der Waals surface area contributed by atoms with Gasteiger partial charge in [-0.3, -0.25) is 4.90 Å². The van der Waals surface area contributed by atoms with Crippen molar-refractivity contribution in [2.75, 3.05) is 37.6 Å². The van der Waals surface area contributed by atoms with Crippen LogP contribution in [0.5, 0.6) is 11.5 Å². The van der Waals surface area contributed by atoms with Crippen molar-refractivity contribution in [3.63, 3.8) is 0 Å². The smallest absolute Gasteiger partial charge is 0.116 e. The van der Waals surface area contributed by atoms with E-state index < -0.39 is 0 Å². The van der Waals surface area contributed by atoms with Crippen LogP contribution >= 0.6 is 11.6 Å². The molecule has 3 aromatic carbocycles. The number of phenolic OH excluding ortho intramolecular Hbond substituents is 2. The molecule has 0 bridgehead atoms. The number of aromatic hydroxyl groups is 2. The monoisotopic (exact) mass is 489 g/mol. The van der Waals surface area contributed by atoms with Crippen LogP contribution in [0, 0.1) is 6.92 Å². The highest BCUT2D eigenvalue weighted by Gasteiger charge is 2.18. The molecule has 1 fully saturated rings. The van der Waals surface area contributed by atoms with Crippen molar-refractivity contribution < 1.29 is 10.2 Å². The molecule has 5 rings (SSSR count). The molecule has 5 nitrogen and oxygen atoms in total. The molecule has 0 aliphatic carbocycles. The average molecular weight is 490 g/mol. The van der Waals surface area contributed by atoms with Crippen molar-refractivity contribution in [3.8, 4) is 22.8 Å². The summed E-state index contributed by atoms with van der Waals surface area (Å²) >= 11 is 6.17. The van der Waals surface area contributed by atoms with Crippen LogP contribution < -0.4 is 4.90 Å². The Bertz CT molecular complexity index is 1310. The summed E-state index contributed by atoms with van der Waals surface area (Å²) in [5.74, 6) is 0.550. The Morgan fingerprint density at radius 1 is 0.800 bits per heavy atom. The SMILES string of the molecule is Cc1c(-c2ccc(O)cc2)n(CCCCN2CCN(c3cccc(Cl)c3)CC2)c2ccc(O)cc12. The first-order chi connectivity index (χ1) is 17.0. The van der Waals surface area contributed by atoms with Gasteiger partial charge in [-0.25, -0.2) is 0 Å². The van der Waals surface area contributed by atoms with E-state index >= 15 is 0 Å². The van der Waals surface area contributed by atoms with Crippen LogP contribution in [0.1, 0.15) is 18.4 Å². The summed E-state index contributed by atoms with van der Waals surface area (Å²) in [6.45, 7) is 8.29. The van der Waals surface area contributed by atoms with Gasteiger partial charge >= 0.3 is 0 Å². The molecule has 182 valence electrons. The number of anilines is 1. The fourth-order valence-corrected chi connectivity index (χ4v) is 5.43. The van der Waals surface area contributed by atoms with E-state index in [1.165, 1.54) is 5.69 Å². The van der Waals surface area contributed by atoms with Gasteiger partial charge in [0.25, 0.3) is 0 Å². The number of nitrogens with zero attached hydrogens (tertiary/aromatic N) is 3. The van der Waals surface area contributed by atoms with E-state index in [9.17, 15) is 10.2 Å². The fraction of sp³-hybridized carbons (Fsp3) is 0.310. The Morgan fingerprint density at radius 3 is 2.26 bits per heavy atom. The molecule has 2 heterocycles. The van der Waals surface area contributed by atoms with Gasteiger partial charge in [0, 0.05) is 54.3 Å². The summed E-state index contributed by atoms with van der Waals surface area (Å²) in [5, 5.41) is 21.7. The van der Waals surface area contributed by atoms with Gasteiger partial charge in [-0.1, -0.05) is 17.7 Å². The molecule has 6 heteroatoms. The number of rotatable bonds is 7. The molecule has 1 aliphatic rings. The normalized spacial score (nSPS) is 14.6. The number of piperazine rings is 1. The molecule has 2 N–H and O–H groups in total. The van der Waals surface area contributed by atoms with Gasteiger partial charge in [0.15, 0.2) is 0 Å². The molecule has 4 aromatic rings. The van der Waals surface area contributed by atoms with E-state index in [0.717, 1.165) is 84.9 Å². The van der Waals surface area contributed by atoms with Crippen molar-refractivity contribution in [3.05, 3.63) is 77.3 Å². The standard InChI is InChI=1S/C29H32ClN3O2/c1-21-27-20-26(35)11-12-28(27)33(29(21)22-7-9-25(34)10-8-22)14-3-2-13-31-15-17-32(18-16-31)24-6-4-5-23(30)19-24/h4-12,19-20,34-35H,2-3,13-18H2,1H3. The molecule has 1 aliphatic heterocycles. The quantitative estimate of drug-likeness (QED) is 0.300. The number of benzene rings is 3. The molecular formula is C29H32ClN3O2. The molecule has 0 atom stereocenters. The van der Waals surface area contributed by atoms with Crippen molar-refractivity contribution in [1.82, 2.24) is 9.47 Å². The molecule has 0 unspecified atom stereocenters. The number of hydrogen-bond donors (Lipinski definition) is 2. The fourth-order valence-electron chi connectivity index (χ4n) is 5.24. The Hall–Kier alpha value is -3.15. The average Bonchev–Trinajstić information content (AvgIpc) is 3.13. The van der Waals surface area contributed by atoms with Crippen LogP contribution in [-0.4, -0.2) is 52.4 Å². The Balaban J connectivity index is 1.23. The molecule has 1 saturated heterocycles. The van der Waals surface area contributed by atoms with Gasteiger partial charge in [-0.15, -0.1) is 0 Å².